The van der Waals surface area contributed by atoms with Gasteiger partial charge in [0.1, 0.15) is 5.75 Å². The van der Waals surface area contributed by atoms with Crippen LogP contribution in [-0.4, -0.2) is 51.8 Å². The van der Waals surface area contributed by atoms with Gasteiger partial charge in [-0.1, -0.05) is 30.3 Å². The van der Waals surface area contributed by atoms with Gasteiger partial charge < -0.3 is 29.7 Å². The van der Waals surface area contributed by atoms with Crippen LogP contribution in [0.3, 0.4) is 0 Å². The molecule has 0 saturated carbocycles. The van der Waals surface area contributed by atoms with E-state index in [4.69, 9.17) is 14.2 Å². The molecule has 2 aromatic carbocycles. The largest absolute Gasteiger partial charge is 0.496 e. The number of rotatable bonds is 10. The molecule has 2 aromatic rings. The van der Waals surface area contributed by atoms with E-state index in [0.717, 1.165) is 11.1 Å². The molecule has 3 amide bonds. The van der Waals surface area contributed by atoms with Gasteiger partial charge in [-0.2, -0.15) is 0 Å². The van der Waals surface area contributed by atoms with Crippen LogP contribution in [0.15, 0.2) is 42.5 Å². The van der Waals surface area contributed by atoms with Crippen LogP contribution < -0.4 is 24.8 Å². The zero-order valence-corrected chi connectivity index (χ0v) is 17.9. The Balaban J connectivity index is 1.79. The predicted octanol–water partition coefficient (Wildman–Crippen LogP) is 2.56. The molecule has 0 spiro atoms. The Labute approximate surface area is 177 Å². The van der Waals surface area contributed by atoms with Crippen molar-refractivity contribution < 1.29 is 23.8 Å². The Hall–Kier alpha value is -3.42. The highest BCUT2D eigenvalue weighted by Gasteiger charge is 2.13. The summed E-state index contributed by atoms with van der Waals surface area (Å²) in [5.41, 5.74) is 1.80. The molecule has 0 unspecified atom stereocenters. The van der Waals surface area contributed by atoms with Crippen LogP contribution >= 0.6 is 0 Å². The van der Waals surface area contributed by atoms with Crippen LogP contribution in [0.1, 0.15) is 17.5 Å². The fraction of sp³-hybridized carbons (Fsp3) is 0.364. The summed E-state index contributed by atoms with van der Waals surface area (Å²) in [5, 5.41) is 5.58. The molecule has 0 bridgehead atoms. The minimum atomic E-state index is -0.229. The van der Waals surface area contributed by atoms with Gasteiger partial charge in [0.15, 0.2) is 11.5 Å². The van der Waals surface area contributed by atoms with Gasteiger partial charge in [0.2, 0.25) is 5.91 Å². The van der Waals surface area contributed by atoms with Gasteiger partial charge in [-0.15, -0.1) is 0 Å². The van der Waals surface area contributed by atoms with Crippen molar-refractivity contribution >= 4 is 11.9 Å². The van der Waals surface area contributed by atoms with Crippen molar-refractivity contribution in [3.8, 4) is 17.2 Å². The third-order valence-electron chi connectivity index (χ3n) is 4.50. The maximum absolute atomic E-state index is 12.2. The smallest absolute Gasteiger partial charge is 0.317 e. The molecule has 0 aliphatic heterocycles. The molecular weight excluding hydrogens is 386 g/mol. The molecule has 8 heteroatoms. The SMILES string of the molecule is COc1cc(OC)c(OC)cc1CNC(=O)CCNC(=O)N(C)Cc1ccccc1. The Kier molecular flexibility index (Phi) is 8.80. The van der Waals surface area contributed by atoms with Crippen LogP contribution in [0.5, 0.6) is 17.2 Å². The second-order valence-electron chi connectivity index (χ2n) is 6.62. The Morgan fingerprint density at radius 1 is 0.900 bits per heavy atom. The quantitative estimate of drug-likeness (QED) is 0.623. The van der Waals surface area contributed by atoms with Crippen molar-refractivity contribution in [2.45, 2.75) is 19.5 Å². The number of urea groups is 1. The zero-order chi connectivity index (χ0) is 21.9. The van der Waals surface area contributed by atoms with Gasteiger partial charge in [-0.05, 0) is 11.6 Å². The van der Waals surface area contributed by atoms with E-state index in [1.165, 1.54) is 0 Å². The number of ether oxygens (including phenoxy) is 3. The second-order valence-corrected chi connectivity index (χ2v) is 6.62. The van der Waals surface area contributed by atoms with Gasteiger partial charge in [-0.25, -0.2) is 4.79 Å². The first-order valence-corrected chi connectivity index (χ1v) is 9.57. The zero-order valence-electron chi connectivity index (χ0n) is 17.9. The van der Waals surface area contributed by atoms with Crippen LogP contribution in [-0.2, 0) is 17.9 Å². The van der Waals surface area contributed by atoms with E-state index < -0.39 is 0 Å². The van der Waals surface area contributed by atoms with Crippen molar-refractivity contribution in [2.24, 2.45) is 0 Å². The molecule has 30 heavy (non-hydrogen) atoms. The first kappa shape index (κ1) is 22.9. The number of amides is 3. The summed E-state index contributed by atoms with van der Waals surface area (Å²) < 4.78 is 15.9. The highest BCUT2D eigenvalue weighted by atomic mass is 16.5. The standard InChI is InChI=1S/C22H29N3O5/c1-25(15-16-8-6-5-7-9-16)22(27)23-11-10-21(26)24-14-17-12-19(29-3)20(30-4)13-18(17)28-2/h5-9,12-13H,10-11,14-15H2,1-4H3,(H,23,27)(H,24,26). The highest BCUT2D eigenvalue weighted by Crippen LogP contribution is 2.34. The second kappa shape index (κ2) is 11.5. The van der Waals surface area contributed by atoms with Gasteiger partial charge in [-0.3, -0.25) is 4.79 Å². The highest BCUT2D eigenvalue weighted by molar-refractivity contribution is 5.78. The Bertz CT molecular complexity index is 842. The van der Waals surface area contributed by atoms with Gasteiger partial charge in [0.05, 0.1) is 21.3 Å². The van der Waals surface area contributed by atoms with E-state index in [1.807, 2.05) is 30.3 Å². The lowest BCUT2D eigenvalue weighted by atomic mass is 10.1. The fourth-order valence-corrected chi connectivity index (χ4v) is 2.86. The molecular formula is C22H29N3O5. The fourth-order valence-electron chi connectivity index (χ4n) is 2.86. The lowest BCUT2D eigenvalue weighted by Gasteiger charge is -2.18. The molecule has 8 nitrogen and oxygen atoms in total. The lowest BCUT2D eigenvalue weighted by molar-refractivity contribution is -0.121. The molecule has 2 rings (SSSR count). The number of nitrogens with one attached hydrogen (secondary N) is 2. The molecule has 0 aromatic heterocycles. The first-order valence-electron chi connectivity index (χ1n) is 9.57. The van der Waals surface area contributed by atoms with Gasteiger partial charge >= 0.3 is 6.03 Å². The van der Waals surface area contributed by atoms with Crippen LogP contribution in [0.25, 0.3) is 0 Å². The average Bonchev–Trinajstić information content (AvgIpc) is 2.77. The van der Waals surface area contributed by atoms with E-state index in [-0.39, 0.29) is 31.4 Å². The number of nitrogens with zero attached hydrogens (tertiary/aromatic N) is 1. The molecule has 0 atom stereocenters. The third-order valence-corrected chi connectivity index (χ3v) is 4.50. The monoisotopic (exact) mass is 415 g/mol. The summed E-state index contributed by atoms with van der Waals surface area (Å²) in [4.78, 5) is 25.9. The minimum absolute atomic E-state index is 0.167. The van der Waals surface area contributed by atoms with Crippen molar-refractivity contribution in [1.29, 1.82) is 0 Å². The molecule has 0 aliphatic carbocycles. The molecule has 0 fully saturated rings. The molecule has 2 N–H and O–H groups in total. The first-order chi connectivity index (χ1) is 14.5. The van der Waals surface area contributed by atoms with Gasteiger partial charge in [0, 0.05) is 44.7 Å². The minimum Gasteiger partial charge on any atom is -0.496 e. The van der Waals surface area contributed by atoms with Crippen molar-refractivity contribution in [3.63, 3.8) is 0 Å². The number of methoxy groups -OCH3 is 3. The Morgan fingerprint density at radius 2 is 1.53 bits per heavy atom. The van der Waals surface area contributed by atoms with Crippen LogP contribution in [0, 0.1) is 0 Å². The van der Waals surface area contributed by atoms with Gasteiger partial charge in [0.25, 0.3) is 0 Å². The number of hydrogen-bond acceptors (Lipinski definition) is 5. The van der Waals surface area contributed by atoms with Crippen molar-refractivity contribution in [3.05, 3.63) is 53.6 Å². The molecule has 0 heterocycles. The number of carbonyl (C=O) groups excluding carboxylic acids is 2. The van der Waals surface area contributed by atoms with E-state index in [1.54, 1.807) is 45.4 Å². The summed E-state index contributed by atoms with van der Waals surface area (Å²) >= 11 is 0. The predicted molar refractivity (Wildman–Crippen MR) is 114 cm³/mol. The van der Waals surface area contributed by atoms with Crippen molar-refractivity contribution in [1.82, 2.24) is 15.5 Å². The van der Waals surface area contributed by atoms with Crippen LogP contribution in [0.4, 0.5) is 4.79 Å². The summed E-state index contributed by atoms with van der Waals surface area (Å²) in [7, 11) is 6.36. The maximum Gasteiger partial charge on any atom is 0.317 e. The van der Waals surface area contributed by atoms with Crippen molar-refractivity contribution in [2.75, 3.05) is 34.9 Å². The van der Waals surface area contributed by atoms with E-state index in [9.17, 15) is 9.59 Å². The average molecular weight is 415 g/mol. The summed E-state index contributed by atoms with van der Waals surface area (Å²) in [6.45, 7) is 1.01. The summed E-state index contributed by atoms with van der Waals surface area (Å²) in [6.07, 6.45) is 0.167. The number of carbonyl (C=O) groups is 2. The Morgan fingerprint density at radius 3 is 2.17 bits per heavy atom. The summed E-state index contributed by atoms with van der Waals surface area (Å²) in [5.74, 6) is 1.50. The summed E-state index contributed by atoms with van der Waals surface area (Å²) in [6, 6.07) is 13.0. The molecule has 0 radical (unpaired) electrons. The molecule has 0 aliphatic rings. The lowest BCUT2D eigenvalue weighted by Crippen LogP contribution is -2.38. The van der Waals surface area contributed by atoms with E-state index in [2.05, 4.69) is 10.6 Å². The normalized spacial score (nSPS) is 10.1. The maximum atomic E-state index is 12.2. The topological polar surface area (TPSA) is 89.1 Å². The molecule has 0 saturated heterocycles. The molecule has 162 valence electrons. The van der Waals surface area contributed by atoms with E-state index >= 15 is 0 Å². The van der Waals surface area contributed by atoms with Crippen LogP contribution in [0.2, 0.25) is 0 Å². The third kappa shape index (κ3) is 6.58. The number of benzene rings is 2. The van der Waals surface area contributed by atoms with E-state index in [0.29, 0.717) is 23.8 Å². The number of hydrogen-bond donors (Lipinski definition) is 2.